The maximum atomic E-state index is 11.5. The summed E-state index contributed by atoms with van der Waals surface area (Å²) in [5, 5.41) is 20.4. The molecule has 4 aromatic heterocycles. The Bertz CT molecular complexity index is 1880. The average Bonchev–Trinajstić information content (AvgIpc) is 3.59. The van der Waals surface area contributed by atoms with Gasteiger partial charge in [-0.05, 0) is 64.5 Å². The zero-order chi connectivity index (χ0) is 30.3. The van der Waals surface area contributed by atoms with Crippen LogP contribution in [0.3, 0.4) is 0 Å². The van der Waals surface area contributed by atoms with Crippen LogP contribution in [0.15, 0.2) is 13.2 Å². The van der Waals surface area contributed by atoms with E-state index in [9.17, 15) is 19.8 Å². The van der Waals surface area contributed by atoms with E-state index in [2.05, 4.69) is 13.2 Å². The standard InChI is InChI=1S/C34H34N4O4.Fe/c1-7-21-17(3)25-13-26-19(5)23(9-11-33(39)40)31(37-26)16-32-24(10-12-34(41)42)20(6)28(38-32)15-30-22(8-2)18(4)27(36-30)14-29(21)35-25;/h7-8,14-15H,1-2,9-13,16H2,3-6H3,(H,39,40)(H,41,42);/q-4;+4/b27-14-,30-15-;. The normalized spacial score (nSPS) is 13.8. The van der Waals surface area contributed by atoms with Crippen LogP contribution in [0.1, 0.15) is 91.5 Å². The second kappa shape index (κ2) is 12.6. The van der Waals surface area contributed by atoms with Crippen molar-refractivity contribution in [3.63, 3.8) is 0 Å². The molecule has 0 amide bonds. The summed E-state index contributed by atoms with van der Waals surface area (Å²) in [7, 11) is 0. The van der Waals surface area contributed by atoms with E-state index in [0.29, 0.717) is 25.7 Å². The topological polar surface area (TPSA) is 131 Å². The molecule has 1 aliphatic rings. The zero-order valence-electron chi connectivity index (χ0n) is 24.8. The number of rotatable bonds is 8. The summed E-state index contributed by atoms with van der Waals surface area (Å²) in [6.07, 6.45) is 9.01. The Kier molecular flexibility index (Phi) is 9.28. The Labute approximate surface area is 261 Å². The van der Waals surface area contributed by atoms with Gasteiger partial charge in [0.1, 0.15) is 0 Å². The van der Waals surface area contributed by atoms with Crippen molar-refractivity contribution in [3.8, 4) is 0 Å². The van der Waals surface area contributed by atoms with E-state index in [0.717, 1.165) is 89.4 Å². The van der Waals surface area contributed by atoms with Crippen molar-refractivity contribution < 1.29 is 36.9 Å². The number of aliphatic carboxylic acids is 2. The van der Waals surface area contributed by atoms with Crippen molar-refractivity contribution in [2.24, 2.45) is 0 Å². The zero-order valence-corrected chi connectivity index (χ0v) is 25.9. The molecule has 0 unspecified atom stereocenters. The van der Waals surface area contributed by atoms with Gasteiger partial charge in [0, 0.05) is 12.8 Å². The van der Waals surface area contributed by atoms with Crippen LogP contribution < -0.4 is 30.6 Å². The maximum Gasteiger partial charge on any atom is 4.00 e. The molecule has 5 heterocycles. The molecule has 0 fully saturated rings. The fraction of sp³-hybridized carbons (Fsp3) is 0.294. The molecule has 0 aromatic carbocycles. The van der Waals surface area contributed by atoms with Crippen LogP contribution in [0, 0.1) is 27.7 Å². The molecule has 5 rings (SSSR count). The minimum Gasteiger partial charge on any atom is -0.664 e. The van der Waals surface area contributed by atoms with Crippen LogP contribution in [-0.2, 0) is 52.3 Å². The molecule has 1 aliphatic heterocycles. The molecule has 2 N–H and O–H groups in total. The van der Waals surface area contributed by atoms with Crippen LogP contribution in [0.2, 0.25) is 0 Å². The predicted octanol–water partition coefficient (Wildman–Crippen LogP) is 3.22. The number of aromatic nitrogens is 4. The van der Waals surface area contributed by atoms with Crippen LogP contribution >= 0.6 is 0 Å². The molecule has 9 heteroatoms. The van der Waals surface area contributed by atoms with Crippen molar-refractivity contribution in [3.05, 3.63) is 103 Å². The van der Waals surface area contributed by atoms with Gasteiger partial charge in [-0.25, -0.2) is 0 Å². The van der Waals surface area contributed by atoms with Gasteiger partial charge in [-0.2, -0.15) is 22.8 Å². The molecule has 0 atom stereocenters. The molecule has 0 aliphatic carbocycles. The fourth-order valence-electron chi connectivity index (χ4n) is 5.97. The van der Waals surface area contributed by atoms with Gasteiger partial charge in [-0.1, -0.05) is 70.8 Å². The van der Waals surface area contributed by atoms with Crippen LogP contribution in [0.4, 0.5) is 0 Å². The second-order valence-electron chi connectivity index (χ2n) is 10.9. The Morgan fingerprint density at radius 2 is 1.19 bits per heavy atom. The van der Waals surface area contributed by atoms with Gasteiger partial charge in [0.2, 0.25) is 0 Å². The number of carboxylic acid groups (broad SMARTS) is 2. The second-order valence-corrected chi connectivity index (χ2v) is 10.9. The Balaban J connectivity index is 0.00000423. The minimum absolute atomic E-state index is 0. The molecule has 0 saturated heterocycles. The molecule has 222 valence electrons. The summed E-state index contributed by atoms with van der Waals surface area (Å²) >= 11 is 0. The number of fused-ring (bicyclic) bond motifs is 8. The van der Waals surface area contributed by atoms with E-state index < -0.39 is 11.9 Å². The van der Waals surface area contributed by atoms with E-state index >= 15 is 0 Å². The largest absolute Gasteiger partial charge is 4.00 e. The third-order valence-electron chi connectivity index (χ3n) is 8.42. The van der Waals surface area contributed by atoms with Crippen molar-refractivity contribution in [1.82, 2.24) is 19.9 Å². The van der Waals surface area contributed by atoms with Crippen molar-refractivity contribution in [1.29, 1.82) is 0 Å². The summed E-state index contributed by atoms with van der Waals surface area (Å²) in [5.74, 6) is -1.75. The van der Waals surface area contributed by atoms with E-state index in [1.54, 1.807) is 6.08 Å². The predicted molar refractivity (Wildman–Crippen MR) is 162 cm³/mol. The van der Waals surface area contributed by atoms with Gasteiger partial charge in [0.25, 0.3) is 0 Å². The minimum atomic E-state index is -0.879. The first kappa shape index (κ1) is 31.7. The van der Waals surface area contributed by atoms with Gasteiger partial charge in [-0.15, -0.1) is 22.1 Å². The third kappa shape index (κ3) is 6.01. The number of carbonyl (C=O) groups is 2. The fourth-order valence-corrected chi connectivity index (χ4v) is 5.97. The number of nitrogens with zero attached hydrogens (tertiary/aromatic N) is 4. The molecule has 0 spiro atoms. The van der Waals surface area contributed by atoms with Crippen LogP contribution in [0.25, 0.3) is 24.3 Å². The van der Waals surface area contributed by atoms with Gasteiger partial charge in [0.05, 0.1) is 0 Å². The molecular formula is C34H34FeN4O4. The molecule has 8 bridgehead atoms. The first-order chi connectivity index (χ1) is 20.0. The average molecular weight is 619 g/mol. The van der Waals surface area contributed by atoms with E-state index in [-0.39, 0.29) is 29.9 Å². The Morgan fingerprint density at radius 1 is 0.674 bits per heavy atom. The molecular weight excluding hydrogens is 584 g/mol. The third-order valence-corrected chi connectivity index (χ3v) is 8.42. The summed E-state index contributed by atoms with van der Waals surface area (Å²) < 4.78 is 0. The Hall–Kier alpha value is -4.20. The van der Waals surface area contributed by atoms with Gasteiger partial charge in [-0.3, -0.25) is 9.59 Å². The number of hydrogen-bond acceptors (Lipinski definition) is 2. The SMILES string of the molecule is C=Cc1c2[n-]c(c1C)Cc1[n-]c(c(CCC(=O)O)c1C)Cc1[n-]c(c(C)c1CCC(=O)O)/C=c1\[n-]/c(c(C)c1C=C)=C\2.[Fe+4]. The summed E-state index contributed by atoms with van der Waals surface area (Å²) in [5.41, 5.74) is 12.2. The summed E-state index contributed by atoms with van der Waals surface area (Å²) in [4.78, 5) is 43.0. The number of hydrogen-bond donors (Lipinski definition) is 2. The first-order valence-electron chi connectivity index (χ1n) is 14.0. The molecule has 0 radical (unpaired) electrons. The van der Waals surface area contributed by atoms with Gasteiger partial charge in [0.15, 0.2) is 0 Å². The number of carboxylic acids is 2. The smallest absolute Gasteiger partial charge is 0.664 e. The van der Waals surface area contributed by atoms with Gasteiger partial charge >= 0.3 is 29.0 Å². The van der Waals surface area contributed by atoms with E-state index in [4.69, 9.17) is 19.9 Å². The van der Waals surface area contributed by atoms with Crippen LogP contribution in [-0.4, -0.2) is 22.2 Å². The van der Waals surface area contributed by atoms with Gasteiger partial charge < -0.3 is 30.1 Å². The molecule has 8 nitrogen and oxygen atoms in total. The van der Waals surface area contributed by atoms with Crippen LogP contribution in [0.5, 0.6) is 0 Å². The maximum absolute atomic E-state index is 11.5. The monoisotopic (exact) mass is 618 g/mol. The molecule has 43 heavy (non-hydrogen) atoms. The first-order valence-corrected chi connectivity index (χ1v) is 14.0. The molecule has 0 saturated carbocycles. The summed E-state index contributed by atoms with van der Waals surface area (Å²) in [6.45, 7) is 16.0. The van der Waals surface area contributed by atoms with Crippen molar-refractivity contribution in [2.45, 2.75) is 66.2 Å². The Morgan fingerprint density at radius 3 is 1.79 bits per heavy atom. The van der Waals surface area contributed by atoms with E-state index in [1.807, 2.05) is 45.9 Å². The quantitative estimate of drug-likeness (QED) is 0.254. The van der Waals surface area contributed by atoms with Crippen molar-refractivity contribution >= 4 is 36.2 Å². The molecule has 4 aromatic rings. The summed E-state index contributed by atoms with van der Waals surface area (Å²) in [6, 6.07) is 0. The van der Waals surface area contributed by atoms with E-state index in [1.165, 1.54) is 0 Å². The van der Waals surface area contributed by atoms with Crippen molar-refractivity contribution in [2.75, 3.05) is 0 Å².